The van der Waals surface area contributed by atoms with Gasteiger partial charge >= 0.3 is 6.09 Å². The van der Waals surface area contributed by atoms with Crippen LogP contribution in [0, 0.1) is 11.3 Å². The lowest BCUT2D eigenvalue weighted by molar-refractivity contribution is -0.104. The number of allylic oxidation sites excluding steroid dienone is 1. The second-order valence-electron chi connectivity index (χ2n) is 5.21. The minimum Gasteiger partial charge on any atom is -0.444 e. The van der Waals surface area contributed by atoms with Crippen LogP contribution in [-0.4, -0.2) is 36.0 Å². The van der Waals surface area contributed by atoms with Gasteiger partial charge in [-0.1, -0.05) is 0 Å². The van der Waals surface area contributed by atoms with E-state index in [1.807, 2.05) is 26.8 Å². The molecule has 0 atom stereocenters. The number of piperidine rings is 1. The highest BCUT2D eigenvalue weighted by atomic mass is 16.6. The highest BCUT2D eigenvalue weighted by Crippen LogP contribution is 2.20. The van der Waals surface area contributed by atoms with Gasteiger partial charge < -0.3 is 9.64 Å². The average Bonchev–Trinajstić information content (AvgIpc) is 2.29. The van der Waals surface area contributed by atoms with Gasteiger partial charge in [0.2, 0.25) is 0 Å². The van der Waals surface area contributed by atoms with E-state index in [4.69, 9.17) is 10.00 Å². The summed E-state index contributed by atoms with van der Waals surface area (Å²) < 4.78 is 5.26. The maximum absolute atomic E-state index is 11.8. The van der Waals surface area contributed by atoms with Gasteiger partial charge in [0, 0.05) is 13.1 Å². The molecule has 0 radical (unpaired) electrons. The first-order chi connectivity index (χ1) is 8.37. The SMILES string of the molecule is CC(C)(C)OC(=O)N1CCC(=C(C#N)C=O)CC1. The Kier molecular flexibility index (Phi) is 4.49. The van der Waals surface area contributed by atoms with Gasteiger partial charge in [-0.25, -0.2) is 4.79 Å². The molecule has 0 N–H and O–H groups in total. The largest absolute Gasteiger partial charge is 0.444 e. The van der Waals surface area contributed by atoms with Crippen LogP contribution < -0.4 is 0 Å². The zero-order valence-electron chi connectivity index (χ0n) is 11.0. The van der Waals surface area contributed by atoms with E-state index in [1.54, 1.807) is 4.90 Å². The van der Waals surface area contributed by atoms with Crippen molar-refractivity contribution in [1.29, 1.82) is 5.26 Å². The fourth-order valence-corrected chi connectivity index (χ4v) is 1.74. The standard InChI is InChI=1S/C13H18N2O3/c1-13(2,3)18-12(17)15-6-4-10(5-7-15)11(8-14)9-16/h9H,4-7H2,1-3H3. The summed E-state index contributed by atoms with van der Waals surface area (Å²) in [4.78, 5) is 24.0. The van der Waals surface area contributed by atoms with E-state index < -0.39 is 5.60 Å². The Morgan fingerprint density at radius 2 is 1.94 bits per heavy atom. The first-order valence-electron chi connectivity index (χ1n) is 5.92. The van der Waals surface area contributed by atoms with Gasteiger partial charge in [-0.3, -0.25) is 4.79 Å². The fraction of sp³-hybridized carbons (Fsp3) is 0.615. The third-order valence-electron chi connectivity index (χ3n) is 2.64. The number of amides is 1. The Balaban J connectivity index is 2.60. The third kappa shape index (κ3) is 3.88. The Labute approximate surface area is 107 Å². The fourth-order valence-electron chi connectivity index (χ4n) is 1.74. The molecule has 1 amide bonds. The van der Waals surface area contributed by atoms with E-state index in [0.29, 0.717) is 32.2 Å². The molecule has 1 aliphatic heterocycles. The molecule has 5 nitrogen and oxygen atoms in total. The molecule has 1 rings (SSSR count). The molecule has 98 valence electrons. The van der Waals surface area contributed by atoms with Crippen LogP contribution in [0.2, 0.25) is 0 Å². The average molecular weight is 250 g/mol. The number of nitriles is 1. The van der Waals surface area contributed by atoms with Crippen LogP contribution in [0.1, 0.15) is 33.6 Å². The van der Waals surface area contributed by atoms with Crippen molar-refractivity contribution in [3.63, 3.8) is 0 Å². The predicted octanol–water partition coefficient (Wildman–Crippen LogP) is 2.04. The van der Waals surface area contributed by atoms with Gasteiger partial charge in [0.05, 0.1) is 5.57 Å². The number of ether oxygens (including phenoxy) is 1. The van der Waals surface area contributed by atoms with Gasteiger partial charge in [0.15, 0.2) is 6.29 Å². The summed E-state index contributed by atoms with van der Waals surface area (Å²) >= 11 is 0. The monoisotopic (exact) mass is 250 g/mol. The highest BCUT2D eigenvalue weighted by Gasteiger charge is 2.25. The molecule has 18 heavy (non-hydrogen) atoms. The van der Waals surface area contributed by atoms with Crippen LogP contribution in [-0.2, 0) is 9.53 Å². The van der Waals surface area contributed by atoms with Gasteiger partial charge in [-0.05, 0) is 39.2 Å². The third-order valence-corrected chi connectivity index (χ3v) is 2.64. The Morgan fingerprint density at radius 3 is 2.33 bits per heavy atom. The molecule has 1 saturated heterocycles. The highest BCUT2D eigenvalue weighted by molar-refractivity contribution is 5.80. The molecule has 0 aromatic heterocycles. The molecule has 0 aliphatic carbocycles. The summed E-state index contributed by atoms with van der Waals surface area (Å²) in [5.41, 5.74) is 0.513. The van der Waals surface area contributed by atoms with Crippen LogP contribution >= 0.6 is 0 Å². The topological polar surface area (TPSA) is 70.4 Å². The van der Waals surface area contributed by atoms with Crippen molar-refractivity contribution in [2.75, 3.05) is 13.1 Å². The van der Waals surface area contributed by atoms with Crippen molar-refractivity contribution in [2.24, 2.45) is 0 Å². The van der Waals surface area contributed by atoms with Crippen molar-refractivity contribution < 1.29 is 14.3 Å². The van der Waals surface area contributed by atoms with E-state index in [2.05, 4.69) is 0 Å². The first kappa shape index (κ1) is 14.2. The first-order valence-corrected chi connectivity index (χ1v) is 5.92. The number of carbonyl (C=O) groups excluding carboxylic acids is 2. The maximum atomic E-state index is 11.8. The van der Waals surface area contributed by atoms with Crippen molar-refractivity contribution >= 4 is 12.4 Å². The predicted molar refractivity (Wildman–Crippen MR) is 65.7 cm³/mol. The van der Waals surface area contributed by atoms with Crippen LogP contribution in [0.15, 0.2) is 11.1 Å². The summed E-state index contributed by atoms with van der Waals surface area (Å²) in [5, 5.41) is 8.76. The van der Waals surface area contributed by atoms with Gasteiger partial charge in [-0.2, -0.15) is 5.26 Å². The van der Waals surface area contributed by atoms with Crippen molar-refractivity contribution in [3.8, 4) is 6.07 Å². The molecular formula is C13H18N2O3. The molecule has 1 heterocycles. The second kappa shape index (κ2) is 5.67. The van der Waals surface area contributed by atoms with Crippen molar-refractivity contribution in [3.05, 3.63) is 11.1 Å². The molecule has 1 aliphatic rings. The summed E-state index contributed by atoms with van der Waals surface area (Å²) in [6, 6.07) is 1.88. The molecule has 0 aromatic carbocycles. The molecule has 1 fully saturated rings. The summed E-state index contributed by atoms with van der Waals surface area (Å²) in [5.74, 6) is 0. The summed E-state index contributed by atoms with van der Waals surface area (Å²) in [6.07, 6.45) is 1.35. The summed E-state index contributed by atoms with van der Waals surface area (Å²) in [6.45, 7) is 6.44. The van der Waals surface area contributed by atoms with E-state index in [9.17, 15) is 9.59 Å². The van der Waals surface area contributed by atoms with Gasteiger partial charge in [0.1, 0.15) is 11.7 Å². The number of hydrogen-bond donors (Lipinski definition) is 0. The van der Waals surface area contributed by atoms with E-state index >= 15 is 0 Å². The van der Waals surface area contributed by atoms with Crippen LogP contribution in [0.5, 0.6) is 0 Å². The molecule has 0 aromatic rings. The summed E-state index contributed by atoms with van der Waals surface area (Å²) in [7, 11) is 0. The maximum Gasteiger partial charge on any atom is 0.410 e. The van der Waals surface area contributed by atoms with Crippen molar-refractivity contribution in [1.82, 2.24) is 4.90 Å². The molecule has 0 saturated carbocycles. The van der Waals surface area contributed by atoms with E-state index in [0.717, 1.165) is 5.57 Å². The van der Waals surface area contributed by atoms with E-state index in [1.165, 1.54) is 0 Å². The zero-order chi connectivity index (χ0) is 13.8. The van der Waals surface area contributed by atoms with Crippen LogP contribution in [0.4, 0.5) is 4.79 Å². The van der Waals surface area contributed by atoms with E-state index in [-0.39, 0.29) is 11.7 Å². The van der Waals surface area contributed by atoms with Crippen LogP contribution in [0.25, 0.3) is 0 Å². The molecule has 0 spiro atoms. The lowest BCUT2D eigenvalue weighted by Gasteiger charge is -2.31. The minimum atomic E-state index is -0.506. The van der Waals surface area contributed by atoms with Gasteiger partial charge in [-0.15, -0.1) is 0 Å². The number of hydrogen-bond acceptors (Lipinski definition) is 4. The Morgan fingerprint density at radius 1 is 1.39 bits per heavy atom. The lowest BCUT2D eigenvalue weighted by atomic mass is 9.99. The Bertz CT molecular complexity index is 403. The lowest BCUT2D eigenvalue weighted by Crippen LogP contribution is -2.40. The zero-order valence-corrected chi connectivity index (χ0v) is 11.0. The minimum absolute atomic E-state index is 0.193. The number of likely N-dealkylation sites (tertiary alicyclic amines) is 1. The molecular weight excluding hydrogens is 232 g/mol. The number of aldehydes is 1. The molecule has 5 heteroatoms. The number of nitrogens with zero attached hydrogens (tertiary/aromatic N) is 2. The number of carbonyl (C=O) groups is 2. The molecule has 0 unspecified atom stereocenters. The second-order valence-corrected chi connectivity index (χ2v) is 5.21. The smallest absolute Gasteiger partial charge is 0.410 e. The normalized spacial score (nSPS) is 15.9. The van der Waals surface area contributed by atoms with Gasteiger partial charge in [0.25, 0.3) is 0 Å². The molecule has 0 bridgehead atoms. The van der Waals surface area contributed by atoms with Crippen LogP contribution in [0.3, 0.4) is 0 Å². The Hall–Kier alpha value is -1.83. The number of rotatable bonds is 1. The van der Waals surface area contributed by atoms with Crippen molar-refractivity contribution in [2.45, 2.75) is 39.2 Å². The quantitative estimate of drug-likeness (QED) is 0.405.